The Bertz CT molecular complexity index is 937. The topological polar surface area (TPSA) is 93.1 Å². The standard InChI is InChI=1S/C21H28N4O3S/c1-3-14(2)22-20(28)24-18(26)13-29-21-23-17-12-8-7-11-16(17)19(27)25(21)15-9-5-4-6-10-15/h7-8,11-12,14-15H,3-6,9-10,13H2,1-2H3,(H2,22,24,26,28)/t14-/m0/s1. The monoisotopic (exact) mass is 416 g/mol. The van der Waals surface area contributed by atoms with Gasteiger partial charge in [0.25, 0.3) is 5.56 Å². The van der Waals surface area contributed by atoms with Gasteiger partial charge in [0, 0.05) is 12.1 Å². The quantitative estimate of drug-likeness (QED) is 0.554. The Kier molecular flexibility index (Phi) is 7.30. The summed E-state index contributed by atoms with van der Waals surface area (Å²) in [5.41, 5.74) is 0.571. The summed E-state index contributed by atoms with van der Waals surface area (Å²) in [7, 11) is 0. The summed E-state index contributed by atoms with van der Waals surface area (Å²) in [5, 5.41) is 6.18. The second kappa shape index (κ2) is 9.91. The molecular formula is C21H28N4O3S. The van der Waals surface area contributed by atoms with Crippen LogP contribution in [0, 0.1) is 0 Å². The van der Waals surface area contributed by atoms with Gasteiger partial charge in [-0.15, -0.1) is 0 Å². The highest BCUT2D eigenvalue weighted by Gasteiger charge is 2.22. The number of imide groups is 1. The van der Waals surface area contributed by atoms with E-state index in [1.54, 1.807) is 10.6 Å². The van der Waals surface area contributed by atoms with Crippen LogP contribution >= 0.6 is 11.8 Å². The fraction of sp³-hybridized carbons (Fsp3) is 0.524. The van der Waals surface area contributed by atoms with E-state index in [4.69, 9.17) is 0 Å². The van der Waals surface area contributed by atoms with Crippen LogP contribution in [-0.4, -0.2) is 33.3 Å². The van der Waals surface area contributed by atoms with Crippen molar-refractivity contribution in [1.29, 1.82) is 0 Å². The largest absolute Gasteiger partial charge is 0.335 e. The predicted molar refractivity (Wildman–Crippen MR) is 115 cm³/mol. The Morgan fingerprint density at radius 1 is 1.24 bits per heavy atom. The zero-order valence-electron chi connectivity index (χ0n) is 16.9. The molecule has 0 saturated heterocycles. The van der Waals surface area contributed by atoms with Crippen molar-refractivity contribution in [3.63, 3.8) is 0 Å². The number of hydrogen-bond donors (Lipinski definition) is 2. The minimum atomic E-state index is -0.499. The van der Waals surface area contributed by atoms with Crippen LogP contribution < -0.4 is 16.2 Å². The average molecular weight is 417 g/mol. The molecule has 0 spiro atoms. The molecule has 156 valence electrons. The molecule has 0 aliphatic heterocycles. The van der Waals surface area contributed by atoms with Crippen molar-refractivity contribution in [2.24, 2.45) is 0 Å². The number of thioether (sulfide) groups is 1. The fourth-order valence-corrected chi connectivity index (χ4v) is 4.41. The summed E-state index contributed by atoms with van der Waals surface area (Å²) in [6.45, 7) is 3.83. The SMILES string of the molecule is CC[C@H](C)NC(=O)NC(=O)CSc1nc2ccccc2c(=O)n1C1CCCCC1. The third-order valence-electron chi connectivity index (χ3n) is 5.29. The second-order valence-corrected chi connectivity index (χ2v) is 8.44. The van der Waals surface area contributed by atoms with Gasteiger partial charge in [-0.3, -0.25) is 19.5 Å². The lowest BCUT2D eigenvalue weighted by Crippen LogP contribution is -2.44. The summed E-state index contributed by atoms with van der Waals surface area (Å²) < 4.78 is 1.76. The van der Waals surface area contributed by atoms with Gasteiger partial charge in [-0.05, 0) is 38.3 Å². The third-order valence-corrected chi connectivity index (χ3v) is 6.24. The van der Waals surface area contributed by atoms with Crippen LogP contribution in [0.5, 0.6) is 0 Å². The van der Waals surface area contributed by atoms with E-state index in [0.29, 0.717) is 16.1 Å². The normalized spacial score (nSPS) is 15.8. The van der Waals surface area contributed by atoms with Crippen molar-refractivity contribution >= 4 is 34.6 Å². The molecule has 2 aromatic rings. The lowest BCUT2D eigenvalue weighted by molar-refractivity contribution is -0.117. The molecule has 3 rings (SSSR count). The number of benzene rings is 1. The first kappa shape index (κ1) is 21.4. The summed E-state index contributed by atoms with van der Waals surface area (Å²) in [5.74, 6) is -0.390. The minimum Gasteiger partial charge on any atom is -0.335 e. The maximum atomic E-state index is 13.2. The van der Waals surface area contributed by atoms with Crippen LogP contribution in [-0.2, 0) is 4.79 Å². The van der Waals surface area contributed by atoms with Gasteiger partial charge in [0.2, 0.25) is 5.91 Å². The molecule has 0 unspecified atom stereocenters. The molecule has 1 aromatic heterocycles. The van der Waals surface area contributed by atoms with E-state index in [2.05, 4.69) is 15.6 Å². The first-order valence-electron chi connectivity index (χ1n) is 10.2. The van der Waals surface area contributed by atoms with Crippen molar-refractivity contribution in [1.82, 2.24) is 20.2 Å². The molecular weight excluding hydrogens is 388 g/mol. The van der Waals surface area contributed by atoms with Crippen LogP contribution in [0.4, 0.5) is 4.79 Å². The lowest BCUT2D eigenvalue weighted by Gasteiger charge is -2.26. The molecule has 2 N–H and O–H groups in total. The maximum Gasteiger partial charge on any atom is 0.321 e. The second-order valence-electron chi connectivity index (χ2n) is 7.50. The zero-order valence-corrected chi connectivity index (χ0v) is 17.8. The van der Waals surface area contributed by atoms with Crippen LogP contribution in [0.15, 0.2) is 34.2 Å². The number of para-hydroxylation sites is 1. The molecule has 1 atom stereocenters. The van der Waals surface area contributed by atoms with Gasteiger partial charge in [-0.1, -0.05) is 50.1 Å². The van der Waals surface area contributed by atoms with Crippen LogP contribution in [0.25, 0.3) is 10.9 Å². The number of fused-ring (bicyclic) bond motifs is 1. The van der Waals surface area contributed by atoms with Crippen molar-refractivity contribution < 1.29 is 9.59 Å². The number of carbonyl (C=O) groups is 2. The van der Waals surface area contributed by atoms with E-state index in [1.807, 2.05) is 32.0 Å². The molecule has 7 nitrogen and oxygen atoms in total. The minimum absolute atomic E-state index is 0.00547. The molecule has 1 aliphatic carbocycles. The number of aromatic nitrogens is 2. The van der Waals surface area contributed by atoms with Gasteiger partial charge in [0.1, 0.15) is 0 Å². The smallest absolute Gasteiger partial charge is 0.321 e. The summed E-state index contributed by atoms with van der Waals surface area (Å²) >= 11 is 1.20. The van der Waals surface area contributed by atoms with Gasteiger partial charge < -0.3 is 5.32 Å². The van der Waals surface area contributed by atoms with Crippen molar-refractivity contribution in [3.8, 4) is 0 Å². The van der Waals surface area contributed by atoms with E-state index in [1.165, 1.54) is 18.2 Å². The molecule has 1 fully saturated rings. The molecule has 29 heavy (non-hydrogen) atoms. The molecule has 1 saturated carbocycles. The number of urea groups is 1. The van der Waals surface area contributed by atoms with Crippen molar-refractivity contribution in [2.75, 3.05) is 5.75 Å². The van der Waals surface area contributed by atoms with Crippen LogP contribution in [0.3, 0.4) is 0 Å². The predicted octanol–water partition coefficient (Wildman–Crippen LogP) is 3.62. The van der Waals surface area contributed by atoms with Gasteiger partial charge in [-0.25, -0.2) is 9.78 Å². The highest BCUT2D eigenvalue weighted by atomic mass is 32.2. The summed E-state index contributed by atoms with van der Waals surface area (Å²) in [4.78, 5) is 41.9. The Hall–Kier alpha value is -2.35. The Labute approximate surface area is 174 Å². The van der Waals surface area contributed by atoms with Crippen molar-refractivity contribution in [2.45, 2.75) is 69.6 Å². The third kappa shape index (κ3) is 5.38. The molecule has 8 heteroatoms. The number of nitrogens with one attached hydrogen (secondary N) is 2. The number of amides is 3. The molecule has 0 bridgehead atoms. The molecule has 1 heterocycles. The zero-order chi connectivity index (χ0) is 20.8. The van der Waals surface area contributed by atoms with E-state index < -0.39 is 11.9 Å². The van der Waals surface area contributed by atoms with E-state index in [9.17, 15) is 14.4 Å². The first-order chi connectivity index (χ1) is 14.0. The van der Waals surface area contributed by atoms with Gasteiger partial charge >= 0.3 is 6.03 Å². The fourth-order valence-electron chi connectivity index (χ4n) is 3.54. The Balaban J connectivity index is 1.79. The number of nitrogens with zero attached hydrogens (tertiary/aromatic N) is 2. The summed E-state index contributed by atoms with van der Waals surface area (Å²) in [6.07, 6.45) is 6.02. The number of carbonyl (C=O) groups excluding carboxylic acids is 2. The maximum absolute atomic E-state index is 13.2. The molecule has 0 radical (unpaired) electrons. The molecule has 1 aliphatic rings. The van der Waals surface area contributed by atoms with Crippen LogP contribution in [0.2, 0.25) is 0 Å². The van der Waals surface area contributed by atoms with Crippen molar-refractivity contribution in [3.05, 3.63) is 34.6 Å². The Morgan fingerprint density at radius 3 is 2.69 bits per heavy atom. The highest BCUT2D eigenvalue weighted by Crippen LogP contribution is 2.30. The van der Waals surface area contributed by atoms with Gasteiger partial charge in [0.05, 0.1) is 16.7 Å². The van der Waals surface area contributed by atoms with Gasteiger partial charge in [0.15, 0.2) is 5.16 Å². The molecule has 3 amide bonds. The van der Waals surface area contributed by atoms with Gasteiger partial charge in [-0.2, -0.15) is 0 Å². The number of rotatable bonds is 6. The van der Waals surface area contributed by atoms with Crippen LogP contribution in [0.1, 0.15) is 58.4 Å². The lowest BCUT2D eigenvalue weighted by atomic mass is 9.95. The average Bonchev–Trinajstić information content (AvgIpc) is 2.72. The van der Waals surface area contributed by atoms with E-state index >= 15 is 0 Å². The summed E-state index contributed by atoms with van der Waals surface area (Å²) in [6, 6.07) is 6.89. The highest BCUT2D eigenvalue weighted by molar-refractivity contribution is 7.99. The molecule has 1 aromatic carbocycles. The van der Waals surface area contributed by atoms with E-state index in [-0.39, 0.29) is 23.4 Å². The first-order valence-corrected chi connectivity index (χ1v) is 11.2. The number of hydrogen-bond acceptors (Lipinski definition) is 5. The van der Waals surface area contributed by atoms with E-state index in [0.717, 1.165) is 32.1 Å². The Morgan fingerprint density at radius 2 is 1.97 bits per heavy atom.